The molecule has 1 aliphatic heterocycles. The van der Waals surface area contributed by atoms with Gasteiger partial charge in [0, 0.05) is 18.2 Å². The molecule has 140 valence electrons. The smallest absolute Gasteiger partial charge is 0.251 e. The van der Waals surface area contributed by atoms with Gasteiger partial charge in [-0.2, -0.15) is 11.8 Å². The number of benzene rings is 1. The summed E-state index contributed by atoms with van der Waals surface area (Å²) in [5.74, 6) is 0.533. The van der Waals surface area contributed by atoms with Gasteiger partial charge in [0.1, 0.15) is 6.04 Å². The lowest BCUT2D eigenvalue weighted by atomic mass is 10.1. The molecule has 2 unspecified atom stereocenters. The molecule has 0 radical (unpaired) electrons. The van der Waals surface area contributed by atoms with Gasteiger partial charge in [0.25, 0.3) is 5.91 Å². The van der Waals surface area contributed by atoms with Crippen molar-refractivity contribution in [2.24, 2.45) is 0 Å². The Morgan fingerprint density at radius 2 is 2.20 bits per heavy atom. The second-order valence-electron chi connectivity index (χ2n) is 6.22. The molecule has 0 spiro atoms. The standard InChI is InChI=1S/C18H27N3O2S.ClH/c1-13-5-3-6-14(11-13)17(22)21-16(8-10-24-2)18(23)20-12-15-7-4-9-19-15;/h3,5-6,11,15-16,19H,4,7-10,12H2,1-2H3,(H,20,23)(H,21,22);1H. The maximum Gasteiger partial charge on any atom is 0.251 e. The summed E-state index contributed by atoms with van der Waals surface area (Å²) in [5, 5.41) is 9.22. The van der Waals surface area contributed by atoms with Gasteiger partial charge in [-0.1, -0.05) is 17.7 Å². The van der Waals surface area contributed by atoms with Crippen LogP contribution in [0.25, 0.3) is 0 Å². The van der Waals surface area contributed by atoms with Gasteiger partial charge >= 0.3 is 0 Å². The predicted octanol–water partition coefficient (Wildman–Crippen LogP) is 2.14. The van der Waals surface area contributed by atoms with E-state index in [0.717, 1.165) is 30.7 Å². The van der Waals surface area contributed by atoms with Crippen molar-refractivity contribution in [3.05, 3.63) is 35.4 Å². The first-order chi connectivity index (χ1) is 11.6. The second-order valence-corrected chi connectivity index (χ2v) is 7.20. The lowest BCUT2D eigenvalue weighted by Gasteiger charge is -2.20. The number of aryl methyl sites for hydroxylation is 1. The van der Waals surface area contributed by atoms with Gasteiger partial charge in [-0.15, -0.1) is 12.4 Å². The molecule has 7 heteroatoms. The SMILES string of the molecule is CSCCC(NC(=O)c1cccc(C)c1)C(=O)NCC1CCCN1.Cl. The van der Waals surface area contributed by atoms with Crippen LogP contribution in [0.5, 0.6) is 0 Å². The molecule has 2 amide bonds. The van der Waals surface area contributed by atoms with Crippen LogP contribution in [0.3, 0.4) is 0 Å². The Hall–Kier alpha value is -1.24. The molecule has 1 heterocycles. The van der Waals surface area contributed by atoms with E-state index in [1.54, 1.807) is 17.8 Å². The fourth-order valence-corrected chi connectivity index (χ4v) is 3.28. The van der Waals surface area contributed by atoms with Crippen molar-refractivity contribution in [2.75, 3.05) is 25.1 Å². The molecule has 2 rings (SSSR count). The highest BCUT2D eigenvalue weighted by Gasteiger charge is 2.22. The van der Waals surface area contributed by atoms with Crippen LogP contribution >= 0.6 is 24.2 Å². The molecule has 0 aromatic heterocycles. The number of hydrogen-bond acceptors (Lipinski definition) is 4. The Morgan fingerprint density at radius 1 is 1.40 bits per heavy atom. The Kier molecular flexibility index (Phi) is 9.93. The first-order valence-electron chi connectivity index (χ1n) is 8.47. The average Bonchev–Trinajstić information content (AvgIpc) is 3.09. The van der Waals surface area contributed by atoms with Gasteiger partial charge in [-0.25, -0.2) is 0 Å². The van der Waals surface area contributed by atoms with Crippen LogP contribution in [0.4, 0.5) is 0 Å². The van der Waals surface area contributed by atoms with E-state index in [9.17, 15) is 9.59 Å². The molecule has 1 aromatic rings. The van der Waals surface area contributed by atoms with Gasteiger partial charge in [-0.3, -0.25) is 9.59 Å². The summed E-state index contributed by atoms with van der Waals surface area (Å²) in [4.78, 5) is 24.9. The first-order valence-corrected chi connectivity index (χ1v) is 9.87. The molecular weight excluding hydrogens is 358 g/mol. The minimum Gasteiger partial charge on any atom is -0.353 e. The van der Waals surface area contributed by atoms with Crippen molar-refractivity contribution in [2.45, 2.75) is 38.3 Å². The molecule has 5 nitrogen and oxygen atoms in total. The number of carbonyl (C=O) groups is 2. The van der Waals surface area contributed by atoms with Crippen LogP contribution < -0.4 is 16.0 Å². The third kappa shape index (κ3) is 7.26. The van der Waals surface area contributed by atoms with Crippen molar-refractivity contribution in [1.82, 2.24) is 16.0 Å². The summed E-state index contributed by atoms with van der Waals surface area (Å²) in [6.07, 6.45) is 4.87. The van der Waals surface area contributed by atoms with Crippen molar-refractivity contribution in [3.8, 4) is 0 Å². The average molecular weight is 386 g/mol. The third-order valence-corrected chi connectivity index (χ3v) is 4.84. The summed E-state index contributed by atoms with van der Waals surface area (Å²) < 4.78 is 0. The summed E-state index contributed by atoms with van der Waals surface area (Å²) in [7, 11) is 0. The molecule has 2 atom stereocenters. The van der Waals surface area contributed by atoms with Crippen LogP contribution in [-0.4, -0.2) is 49.0 Å². The minimum atomic E-state index is -0.494. The fraction of sp³-hybridized carbons (Fsp3) is 0.556. The number of thioether (sulfide) groups is 1. The number of carbonyl (C=O) groups excluding carboxylic acids is 2. The van der Waals surface area contributed by atoms with Gasteiger partial charge in [0.15, 0.2) is 0 Å². The van der Waals surface area contributed by atoms with E-state index in [1.807, 2.05) is 31.4 Å². The summed E-state index contributed by atoms with van der Waals surface area (Å²) in [5.41, 5.74) is 1.62. The summed E-state index contributed by atoms with van der Waals surface area (Å²) >= 11 is 1.67. The van der Waals surface area contributed by atoms with E-state index in [1.165, 1.54) is 0 Å². The van der Waals surface area contributed by atoms with Crippen LogP contribution in [0.1, 0.15) is 35.2 Å². The zero-order valence-electron chi connectivity index (χ0n) is 14.8. The van der Waals surface area contributed by atoms with E-state index in [2.05, 4.69) is 16.0 Å². The van der Waals surface area contributed by atoms with Crippen LogP contribution in [0, 0.1) is 6.92 Å². The zero-order chi connectivity index (χ0) is 17.4. The van der Waals surface area contributed by atoms with E-state index in [4.69, 9.17) is 0 Å². The minimum absolute atomic E-state index is 0. The Labute approximate surface area is 160 Å². The lowest BCUT2D eigenvalue weighted by Crippen LogP contribution is -2.49. The molecule has 1 fully saturated rings. The quantitative estimate of drug-likeness (QED) is 0.641. The highest BCUT2D eigenvalue weighted by atomic mass is 35.5. The number of halogens is 1. The predicted molar refractivity (Wildman–Crippen MR) is 107 cm³/mol. The Bertz CT molecular complexity index is 565. The van der Waals surface area contributed by atoms with Gasteiger partial charge in [-0.05, 0) is 56.9 Å². The van der Waals surface area contributed by atoms with Gasteiger partial charge in [0.2, 0.25) is 5.91 Å². The molecule has 25 heavy (non-hydrogen) atoms. The first kappa shape index (κ1) is 21.8. The maximum absolute atomic E-state index is 12.5. The molecule has 1 aliphatic rings. The second kappa shape index (κ2) is 11.4. The Morgan fingerprint density at radius 3 is 2.84 bits per heavy atom. The monoisotopic (exact) mass is 385 g/mol. The topological polar surface area (TPSA) is 70.2 Å². The van der Waals surface area contributed by atoms with Crippen molar-refractivity contribution < 1.29 is 9.59 Å². The number of rotatable bonds is 8. The van der Waals surface area contributed by atoms with Gasteiger partial charge < -0.3 is 16.0 Å². The molecule has 3 N–H and O–H groups in total. The number of amides is 2. The van der Waals surface area contributed by atoms with Crippen molar-refractivity contribution in [3.63, 3.8) is 0 Å². The van der Waals surface area contributed by atoms with Crippen LogP contribution in [-0.2, 0) is 4.79 Å². The molecule has 0 saturated carbocycles. The largest absolute Gasteiger partial charge is 0.353 e. The highest BCUT2D eigenvalue weighted by Crippen LogP contribution is 2.07. The molecule has 1 aromatic carbocycles. The third-order valence-electron chi connectivity index (χ3n) is 4.20. The summed E-state index contributed by atoms with van der Waals surface area (Å²) in [6, 6.07) is 7.26. The van der Waals surface area contributed by atoms with Crippen LogP contribution in [0.15, 0.2) is 24.3 Å². The number of nitrogens with one attached hydrogen (secondary N) is 3. The van der Waals surface area contributed by atoms with Crippen LogP contribution in [0.2, 0.25) is 0 Å². The number of hydrogen-bond donors (Lipinski definition) is 3. The van der Waals surface area contributed by atoms with Gasteiger partial charge in [0.05, 0.1) is 0 Å². The zero-order valence-corrected chi connectivity index (χ0v) is 16.5. The fourth-order valence-electron chi connectivity index (χ4n) is 2.81. The molecular formula is C18H28ClN3O2S. The van der Waals surface area contributed by atoms with E-state index < -0.39 is 6.04 Å². The van der Waals surface area contributed by atoms with Crippen molar-refractivity contribution >= 4 is 36.0 Å². The van der Waals surface area contributed by atoms with Crippen molar-refractivity contribution in [1.29, 1.82) is 0 Å². The molecule has 0 aliphatic carbocycles. The lowest BCUT2D eigenvalue weighted by molar-refractivity contribution is -0.123. The maximum atomic E-state index is 12.5. The van der Waals surface area contributed by atoms with E-state index >= 15 is 0 Å². The molecule has 0 bridgehead atoms. The van der Waals surface area contributed by atoms with E-state index in [0.29, 0.717) is 24.6 Å². The Balaban J connectivity index is 0.00000312. The summed E-state index contributed by atoms with van der Waals surface area (Å²) in [6.45, 7) is 3.58. The van der Waals surface area contributed by atoms with E-state index in [-0.39, 0.29) is 24.2 Å². The molecule has 1 saturated heterocycles. The highest BCUT2D eigenvalue weighted by molar-refractivity contribution is 7.98. The normalized spacial score (nSPS) is 17.4.